The highest BCUT2D eigenvalue weighted by Crippen LogP contribution is 2.15. The molecule has 1 aliphatic rings. The second-order valence-corrected chi connectivity index (χ2v) is 5.03. The summed E-state index contributed by atoms with van der Waals surface area (Å²) in [7, 11) is 2.04. The van der Waals surface area contributed by atoms with Gasteiger partial charge in [-0.1, -0.05) is 12.1 Å². The molecule has 106 valence electrons. The van der Waals surface area contributed by atoms with Gasteiger partial charge in [-0.3, -0.25) is 0 Å². The molecular formula is C15H22FNO2. The van der Waals surface area contributed by atoms with Gasteiger partial charge in [-0.2, -0.15) is 0 Å². The molecule has 0 radical (unpaired) electrons. The zero-order valence-corrected chi connectivity index (χ0v) is 11.5. The molecule has 1 unspecified atom stereocenters. The van der Waals surface area contributed by atoms with Crippen LogP contribution in [0.3, 0.4) is 0 Å². The van der Waals surface area contributed by atoms with E-state index in [1.807, 2.05) is 7.05 Å². The lowest BCUT2D eigenvalue weighted by Crippen LogP contribution is -2.35. The van der Waals surface area contributed by atoms with E-state index in [1.165, 1.54) is 18.9 Å². The monoisotopic (exact) mass is 267 g/mol. The maximum atomic E-state index is 13.3. The van der Waals surface area contributed by atoms with E-state index in [4.69, 9.17) is 9.47 Å². The van der Waals surface area contributed by atoms with E-state index < -0.39 is 0 Å². The minimum atomic E-state index is -0.305. The largest absolute Gasteiger partial charge is 0.489 e. The molecule has 0 amide bonds. The molecule has 3 nitrogen and oxygen atoms in total. The quantitative estimate of drug-likeness (QED) is 0.791. The number of halogens is 1. The minimum Gasteiger partial charge on any atom is -0.489 e. The number of para-hydroxylation sites is 1. The van der Waals surface area contributed by atoms with Gasteiger partial charge in [-0.05, 0) is 38.4 Å². The summed E-state index contributed by atoms with van der Waals surface area (Å²) in [4.78, 5) is 2.18. The van der Waals surface area contributed by atoms with Gasteiger partial charge in [0.1, 0.15) is 6.61 Å². The van der Waals surface area contributed by atoms with Crippen molar-refractivity contribution in [2.75, 3.05) is 33.4 Å². The van der Waals surface area contributed by atoms with Gasteiger partial charge in [0.2, 0.25) is 0 Å². The highest BCUT2D eigenvalue weighted by Gasteiger charge is 2.15. The molecule has 1 aromatic carbocycles. The SMILES string of the molecule is CN(CCOc1ccccc1F)CC1CCCCO1. The van der Waals surface area contributed by atoms with Crippen molar-refractivity contribution in [2.24, 2.45) is 0 Å². The van der Waals surface area contributed by atoms with Crippen molar-refractivity contribution in [3.63, 3.8) is 0 Å². The highest BCUT2D eigenvalue weighted by atomic mass is 19.1. The van der Waals surface area contributed by atoms with Gasteiger partial charge in [0, 0.05) is 19.7 Å². The summed E-state index contributed by atoms with van der Waals surface area (Å²) < 4.78 is 24.5. The molecule has 0 saturated carbocycles. The van der Waals surface area contributed by atoms with E-state index in [-0.39, 0.29) is 5.82 Å². The molecule has 1 aliphatic heterocycles. The van der Waals surface area contributed by atoms with Crippen LogP contribution >= 0.6 is 0 Å². The summed E-state index contributed by atoms with van der Waals surface area (Å²) in [5, 5.41) is 0. The number of ether oxygens (including phenoxy) is 2. The molecular weight excluding hydrogens is 245 g/mol. The number of likely N-dealkylation sites (N-methyl/N-ethyl adjacent to an activating group) is 1. The normalized spacial score (nSPS) is 19.6. The van der Waals surface area contributed by atoms with Crippen molar-refractivity contribution in [2.45, 2.75) is 25.4 Å². The molecule has 0 N–H and O–H groups in total. The minimum absolute atomic E-state index is 0.305. The van der Waals surface area contributed by atoms with Gasteiger partial charge in [0.05, 0.1) is 6.10 Å². The summed E-state index contributed by atoms with van der Waals surface area (Å²) in [6.07, 6.45) is 3.91. The predicted molar refractivity (Wildman–Crippen MR) is 73.0 cm³/mol. The molecule has 19 heavy (non-hydrogen) atoms. The van der Waals surface area contributed by atoms with E-state index in [9.17, 15) is 4.39 Å². The van der Waals surface area contributed by atoms with Gasteiger partial charge in [0.15, 0.2) is 11.6 Å². The van der Waals surface area contributed by atoms with Crippen LogP contribution in [0.5, 0.6) is 5.75 Å². The Labute approximate surface area is 114 Å². The molecule has 2 rings (SSSR count). The Balaban J connectivity index is 1.66. The fourth-order valence-corrected chi connectivity index (χ4v) is 2.26. The van der Waals surface area contributed by atoms with E-state index >= 15 is 0 Å². The van der Waals surface area contributed by atoms with Gasteiger partial charge in [-0.15, -0.1) is 0 Å². The standard InChI is InChI=1S/C15H22FNO2/c1-17(12-13-6-4-5-10-18-13)9-11-19-15-8-3-2-7-14(15)16/h2-3,7-8,13H,4-6,9-12H2,1H3. The highest BCUT2D eigenvalue weighted by molar-refractivity contribution is 5.23. The van der Waals surface area contributed by atoms with Crippen LogP contribution in [0.25, 0.3) is 0 Å². The Hall–Kier alpha value is -1.13. The summed E-state index contributed by atoms with van der Waals surface area (Å²) in [5.41, 5.74) is 0. The first-order valence-corrected chi connectivity index (χ1v) is 6.93. The Bertz CT molecular complexity index is 380. The second kappa shape index (κ2) is 7.46. The molecule has 4 heteroatoms. The molecule has 1 saturated heterocycles. The first kappa shape index (κ1) is 14.3. The van der Waals surface area contributed by atoms with Crippen molar-refractivity contribution in [1.82, 2.24) is 4.90 Å². The molecule has 1 aromatic rings. The second-order valence-electron chi connectivity index (χ2n) is 5.03. The third kappa shape index (κ3) is 4.80. The maximum absolute atomic E-state index is 13.3. The average molecular weight is 267 g/mol. The Kier molecular flexibility index (Phi) is 5.61. The average Bonchev–Trinajstić information content (AvgIpc) is 2.42. The first-order chi connectivity index (χ1) is 9.25. The Morgan fingerprint density at radius 3 is 2.95 bits per heavy atom. The van der Waals surface area contributed by atoms with Crippen molar-refractivity contribution in [1.29, 1.82) is 0 Å². The van der Waals surface area contributed by atoms with Crippen molar-refractivity contribution in [3.05, 3.63) is 30.1 Å². The lowest BCUT2D eigenvalue weighted by atomic mass is 10.1. The summed E-state index contributed by atoms with van der Waals surface area (Å²) in [6.45, 7) is 3.06. The third-order valence-corrected chi connectivity index (χ3v) is 3.36. The van der Waals surface area contributed by atoms with E-state index in [2.05, 4.69) is 4.90 Å². The summed E-state index contributed by atoms with van der Waals surface area (Å²) in [6, 6.07) is 6.50. The summed E-state index contributed by atoms with van der Waals surface area (Å²) >= 11 is 0. The van der Waals surface area contributed by atoms with Crippen LogP contribution < -0.4 is 4.74 Å². The van der Waals surface area contributed by atoms with E-state index in [1.54, 1.807) is 18.2 Å². The molecule has 0 aromatic heterocycles. The molecule has 1 fully saturated rings. The van der Waals surface area contributed by atoms with Gasteiger partial charge < -0.3 is 14.4 Å². The van der Waals surface area contributed by atoms with Crippen LogP contribution in [0, 0.1) is 5.82 Å². The zero-order valence-electron chi connectivity index (χ0n) is 11.5. The van der Waals surface area contributed by atoms with Crippen LogP contribution in [0.1, 0.15) is 19.3 Å². The topological polar surface area (TPSA) is 21.7 Å². The predicted octanol–water partition coefficient (Wildman–Crippen LogP) is 2.71. The third-order valence-electron chi connectivity index (χ3n) is 3.36. The van der Waals surface area contributed by atoms with Crippen molar-refractivity contribution >= 4 is 0 Å². The van der Waals surface area contributed by atoms with Crippen LogP contribution in [0.4, 0.5) is 4.39 Å². The van der Waals surface area contributed by atoms with Crippen LogP contribution in [-0.2, 0) is 4.74 Å². The first-order valence-electron chi connectivity index (χ1n) is 6.93. The summed E-state index contributed by atoms with van der Waals surface area (Å²) in [5.74, 6) is 0.0191. The molecule has 1 heterocycles. The molecule has 0 aliphatic carbocycles. The molecule has 1 atom stereocenters. The number of hydrogen-bond donors (Lipinski definition) is 0. The molecule has 0 spiro atoms. The fraction of sp³-hybridized carbons (Fsp3) is 0.600. The Morgan fingerprint density at radius 1 is 1.37 bits per heavy atom. The fourth-order valence-electron chi connectivity index (χ4n) is 2.26. The van der Waals surface area contributed by atoms with Gasteiger partial charge in [-0.25, -0.2) is 4.39 Å². The Morgan fingerprint density at radius 2 is 2.21 bits per heavy atom. The van der Waals surface area contributed by atoms with Crippen molar-refractivity contribution in [3.8, 4) is 5.75 Å². The number of nitrogens with zero attached hydrogens (tertiary/aromatic N) is 1. The zero-order chi connectivity index (χ0) is 13.5. The number of rotatable bonds is 6. The van der Waals surface area contributed by atoms with Crippen LogP contribution in [0.15, 0.2) is 24.3 Å². The van der Waals surface area contributed by atoms with Gasteiger partial charge >= 0.3 is 0 Å². The lowest BCUT2D eigenvalue weighted by Gasteiger charge is -2.27. The lowest BCUT2D eigenvalue weighted by molar-refractivity contribution is -0.00288. The maximum Gasteiger partial charge on any atom is 0.165 e. The van der Waals surface area contributed by atoms with Crippen molar-refractivity contribution < 1.29 is 13.9 Å². The number of hydrogen-bond acceptors (Lipinski definition) is 3. The number of benzene rings is 1. The van der Waals surface area contributed by atoms with E-state index in [0.717, 1.165) is 26.1 Å². The van der Waals surface area contributed by atoms with Gasteiger partial charge in [0.25, 0.3) is 0 Å². The van der Waals surface area contributed by atoms with Crippen LogP contribution in [-0.4, -0.2) is 44.4 Å². The smallest absolute Gasteiger partial charge is 0.165 e. The van der Waals surface area contributed by atoms with Crippen LogP contribution in [0.2, 0.25) is 0 Å². The van der Waals surface area contributed by atoms with E-state index in [0.29, 0.717) is 18.5 Å². The molecule has 0 bridgehead atoms.